The van der Waals surface area contributed by atoms with Crippen LogP contribution in [0.15, 0.2) is 48.5 Å². The number of nitrogens with one attached hydrogen (secondary N) is 2. The van der Waals surface area contributed by atoms with Crippen molar-refractivity contribution in [2.45, 2.75) is 18.9 Å². The lowest BCUT2D eigenvalue weighted by molar-refractivity contribution is -0.117. The molecule has 1 aliphatic heterocycles. The van der Waals surface area contributed by atoms with Gasteiger partial charge in [0.25, 0.3) is 0 Å². The molecule has 21 heavy (non-hydrogen) atoms. The number of fused-ring (bicyclic) bond motifs is 1. The van der Waals surface area contributed by atoms with Gasteiger partial charge >= 0.3 is 0 Å². The summed E-state index contributed by atoms with van der Waals surface area (Å²) in [5.41, 5.74) is 2.68. The predicted molar refractivity (Wildman–Crippen MR) is 80.5 cm³/mol. The Hall–Kier alpha value is -2.20. The van der Waals surface area contributed by atoms with Crippen LogP contribution in [0.5, 0.6) is 0 Å². The lowest BCUT2D eigenvalue weighted by Gasteiger charge is -2.11. The molecule has 0 spiro atoms. The van der Waals surface area contributed by atoms with Crippen LogP contribution in [-0.4, -0.2) is 12.5 Å². The Morgan fingerprint density at radius 2 is 1.95 bits per heavy atom. The first-order valence-corrected chi connectivity index (χ1v) is 7.11. The topological polar surface area (TPSA) is 41.1 Å². The first-order valence-electron chi connectivity index (χ1n) is 7.11. The summed E-state index contributed by atoms with van der Waals surface area (Å²) in [6.07, 6.45) is 1.92. The SMILES string of the molecule is O=C1Nc2cc(F)ccc2C1NCCCc1ccccc1. The Kier molecular flexibility index (Phi) is 3.97. The summed E-state index contributed by atoms with van der Waals surface area (Å²) in [4.78, 5) is 11.9. The molecule has 0 saturated carbocycles. The number of halogens is 1. The molecule has 4 heteroatoms. The summed E-state index contributed by atoms with van der Waals surface area (Å²) in [5, 5.41) is 5.95. The van der Waals surface area contributed by atoms with Crippen molar-refractivity contribution >= 4 is 11.6 Å². The van der Waals surface area contributed by atoms with Gasteiger partial charge < -0.3 is 10.6 Å². The molecule has 0 bridgehead atoms. The minimum atomic E-state index is -0.378. The van der Waals surface area contributed by atoms with Crippen molar-refractivity contribution < 1.29 is 9.18 Å². The zero-order valence-electron chi connectivity index (χ0n) is 11.6. The molecule has 2 aromatic rings. The highest BCUT2D eigenvalue weighted by Crippen LogP contribution is 2.31. The molecular weight excluding hydrogens is 267 g/mol. The average Bonchev–Trinajstić information content (AvgIpc) is 2.79. The van der Waals surface area contributed by atoms with Crippen LogP contribution in [0, 0.1) is 5.82 Å². The smallest absolute Gasteiger partial charge is 0.246 e. The maximum atomic E-state index is 13.1. The largest absolute Gasteiger partial charge is 0.324 e. The number of rotatable bonds is 5. The van der Waals surface area contributed by atoms with Crippen LogP contribution in [0.3, 0.4) is 0 Å². The third-order valence-electron chi connectivity index (χ3n) is 3.68. The van der Waals surface area contributed by atoms with Crippen molar-refractivity contribution in [3.8, 4) is 0 Å². The average molecular weight is 284 g/mol. The summed E-state index contributed by atoms with van der Waals surface area (Å²) in [6, 6.07) is 14.3. The van der Waals surface area contributed by atoms with E-state index in [1.54, 1.807) is 6.07 Å². The van der Waals surface area contributed by atoms with E-state index in [0.717, 1.165) is 24.9 Å². The lowest BCUT2D eigenvalue weighted by atomic mass is 10.1. The van der Waals surface area contributed by atoms with E-state index < -0.39 is 0 Å². The van der Waals surface area contributed by atoms with Crippen molar-refractivity contribution in [2.75, 3.05) is 11.9 Å². The van der Waals surface area contributed by atoms with Crippen LogP contribution in [0.25, 0.3) is 0 Å². The molecule has 0 aliphatic carbocycles. The highest BCUT2D eigenvalue weighted by Gasteiger charge is 2.29. The maximum Gasteiger partial charge on any atom is 0.246 e. The molecule has 2 N–H and O–H groups in total. The minimum Gasteiger partial charge on any atom is -0.324 e. The Balaban J connectivity index is 1.55. The van der Waals surface area contributed by atoms with E-state index in [0.29, 0.717) is 5.69 Å². The highest BCUT2D eigenvalue weighted by atomic mass is 19.1. The Morgan fingerprint density at radius 3 is 2.76 bits per heavy atom. The van der Waals surface area contributed by atoms with E-state index >= 15 is 0 Å². The molecule has 2 aromatic carbocycles. The molecule has 1 heterocycles. The molecule has 1 aliphatic rings. The quantitative estimate of drug-likeness (QED) is 0.829. The summed E-state index contributed by atoms with van der Waals surface area (Å²) in [5.74, 6) is -0.450. The summed E-state index contributed by atoms with van der Waals surface area (Å²) in [6.45, 7) is 0.740. The Morgan fingerprint density at radius 1 is 1.14 bits per heavy atom. The van der Waals surface area contributed by atoms with Crippen molar-refractivity contribution in [2.24, 2.45) is 0 Å². The van der Waals surface area contributed by atoms with Gasteiger partial charge in [-0.1, -0.05) is 36.4 Å². The van der Waals surface area contributed by atoms with E-state index in [9.17, 15) is 9.18 Å². The van der Waals surface area contributed by atoms with Gasteiger partial charge in [-0.2, -0.15) is 0 Å². The molecule has 0 saturated heterocycles. The second-order valence-electron chi connectivity index (χ2n) is 5.20. The fourth-order valence-electron chi connectivity index (χ4n) is 2.62. The maximum absolute atomic E-state index is 13.1. The molecular formula is C17H17FN2O. The van der Waals surface area contributed by atoms with Crippen LogP contribution < -0.4 is 10.6 Å². The minimum absolute atomic E-state index is 0.115. The molecule has 1 unspecified atom stereocenters. The Labute approximate surface area is 123 Å². The molecule has 0 fully saturated rings. The van der Waals surface area contributed by atoms with E-state index in [2.05, 4.69) is 22.8 Å². The predicted octanol–water partition coefficient (Wildman–Crippen LogP) is 3.04. The molecule has 3 nitrogen and oxygen atoms in total. The molecule has 1 amide bonds. The zero-order valence-corrected chi connectivity index (χ0v) is 11.6. The fraction of sp³-hybridized carbons (Fsp3) is 0.235. The van der Waals surface area contributed by atoms with Gasteiger partial charge in [-0.25, -0.2) is 4.39 Å². The third kappa shape index (κ3) is 3.11. The van der Waals surface area contributed by atoms with Crippen LogP contribution in [0.2, 0.25) is 0 Å². The van der Waals surface area contributed by atoms with Gasteiger partial charge in [0.2, 0.25) is 5.91 Å². The number of hydrogen-bond acceptors (Lipinski definition) is 2. The number of amides is 1. The summed E-state index contributed by atoms with van der Waals surface area (Å²) in [7, 11) is 0. The first-order chi connectivity index (χ1) is 10.2. The number of carbonyl (C=O) groups excluding carboxylic acids is 1. The van der Waals surface area contributed by atoms with Crippen LogP contribution in [0.4, 0.5) is 10.1 Å². The zero-order chi connectivity index (χ0) is 14.7. The highest BCUT2D eigenvalue weighted by molar-refractivity contribution is 6.02. The van der Waals surface area contributed by atoms with Gasteiger partial charge in [0, 0.05) is 11.3 Å². The molecule has 3 rings (SSSR count). The number of hydrogen-bond donors (Lipinski definition) is 2. The van der Waals surface area contributed by atoms with Crippen molar-refractivity contribution in [1.82, 2.24) is 5.32 Å². The number of carbonyl (C=O) groups is 1. The Bertz CT molecular complexity index is 642. The van der Waals surface area contributed by atoms with E-state index in [1.807, 2.05) is 18.2 Å². The van der Waals surface area contributed by atoms with Gasteiger partial charge in [-0.05, 0) is 37.1 Å². The van der Waals surface area contributed by atoms with Crippen LogP contribution in [0.1, 0.15) is 23.6 Å². The van der Waals surface area contributed by atoms with Gasteiger partial charge in [-0.3, -0.25) is 4.79 Å². The van der Waals surface area contributed by atoms with Gasteiger partial charge in [0.05, 0.1) is 0 Å². The van der Waals surface area contributed by atoms with E-state index in [-0.39, 0.29) is 17.8 Å². The second-order valence-corrected chi connectivity index (χ2v) is 5.20. The van der Waals surface area contributed by atoms with Crippen molar-refractivity contribution in [3.63, 3.8) is 0 Å². The molecule has 1 atom stereocenters. The standard InChI is InChI=1S/C17H17FN2O/c18-13-8-9-14-15(11-13)20-17(21)16(14)19-10-4-7-12-5-2-1-3-6-12/h1-3,5-6,8-9,11,16,19H,4,7,10H2,(H,20,21). The van der Waals surface area contributed by atoms with Gasteiger partial charge in [0.1, 0.15) is 11.9 Å². The third-order valence-corrected chi connectivity index (χ3v) is 3.68. The van der Waals surface area contributed by atoms with Crippen LogP contribution >= 0.6 is 0 Å². The summed E-state index contributed by atoms with van der Waals surface area (Å²) >= 11 is 0. The number of benzene rings is 2. The fourth-order valence-corrected chi connectivity index (χ4v) is 2.62. The number of anilines is 1. The molecule has 108 valence electrons. The molecule has 0 radical (unpaired) electrons. The monoisotopic (exact) mass is 284 g/mol. The van der Waals surface area contributed by atoms with Crippen molar-refractivity contribution in [3.05, 3.63) is 65.5 Å². The normalized spacial score (nSPS) is 16.6. The van der Waals surface area contributed by atoms with Gasteiger partial charge in [-0.15, -0.1) is 0 Å². The lowest BCUT2D eigenvalue weighted by Crippen LogP contribution is -2.28. The second kappa shape index (κ2) is 6.06. The van der Waals surface area contributed by atoms with Crippen LogP contribution in [-0.2, 0) is 11.2 Å². The first kappa shape index (κ1) is 13.8. The van der Waals surface area contributed by atoms with E-state index in [1.165, 1.54) is 17.7 Å². The van der Waals surface area contributed by atoms with Gasteiger partial charge in [0.15, 0.2) is 0 Å². The molecule has 0 aromatic heterocycles. The van der Waals surface area contributed by atoms with Crippen molar-refractivity contribution in [1.29, 1.82) is 0 Å². The summed E-state index contributed by atoms with van der Waals surface area (Å²) < 4.78 is 13.1. The van der Waals surface area contributed by atoms with E-state index in [4.69, 9.17) is 0 Å². The number of aryl methyl sites for hydroxylation is 1.